The minimum Gasteiger partial charge on any atom is -0.333 e. The van der Waals surface area contributed by atoms with E-state index in [0.717, 1.165) is 5.02 Å². The molecule has 0 bridgehead atoms. The SMILES string of the molecule is CN.Clc1ccccc1. The second kappa shape index (κ2) is 5.60. The summed E-state index contributed by atoms with van der Waals surface area (Å²) in [4.78, 5) is 0. The van der Waals surface area contributed by atoms with E-state index in [4.69, 9.17) is 11.6 Å². The van der Waals surface area contributed by atoms with E-state index in [1.54, 1.807) is 0 Å². The van der Waals surface area contributed by atoms with Crippen LogP contribution in [0.1, 0.15) is 0 Å². The highest BCUT2D eigenvalue weighted by Gasteiger charge is 1.74. The summed E-state index contributed by atoms with van der Waals surface area (Å²) >= 11 is 5.54. The van der Waals surface area contributed by atoms with E-state index < -0.39 is 0 Å². The first-order chi connectivity index (χ1) is 4.39. The van der Waals surface area contributed by atoms with Crippen molar-refractivity contribution in [2.45, 2.75) is 0 Å². The Balaban J connectivity index is 0.000000291. The monoisotopic (exact) mass is 143 g/mol. The predicted molar refractivity (Wildman–Crippen MR) is 41.6 cm³/mol. The Morgan fingerprint density at radius 3 is 1.78 bits per heavy atom. The summed E-state index contributed by atoms with van der Waals surface area (Å²) in [6, 6.07) is 9.44. The zero-order valence-corrected chi connectivity index (χ0v) is 6.10. The van der Waals surface area contributed by atoms with Crippen LogP contribution in [0.25, 0.3) is 0 Å². The van der Waals surface area contributed by atoms with Crippen molar-refractivity contribution in [3.05, 3.63) is 35.4 Å². The number of hydrogen-bond donors (Lipinski definition) is 1. The van der Waals surface area contributed by atoms with Crippen molar-refractivity contribution in [2.75, 3.05) is 7.05 Å². The third kappa shape index (κ3) is 4.01. The molecular weight excluding hydrogens is 134 g/mol. The van der Waals surface area contributed by atoms with Crippen LogP contribution in [0.15, 0.2) is 30.3 Å². The van der Waals surface area contributed by atoms with Gasteiger partial charge in [0.2, 0.25) is 0 Å². The molecule has 0 fully saturated rings. The molecule has 2 heteroatoms. The summed E-state index contributed by atoms with van der Waals surface area (Å²) < 4.78 is 0. The molecule has 0 atom stereocenters. The molecule has 1 aromatic rings. The Morgan fingerprint density at radius 1 is 1.11 bits per heavy atom. The normalized spacial score (nSPS) is 7.44. The van der Waals surface area contributed by atoms with E-state index in [9.17, 15) is 0 Å². The molecule has 50 valence electrons. The third-order valence-electron chi connectivity index (χ3n) is 0.733. The molecule has 1 rings (SSSR count). The van der Waals surface area contributed by atoms with Gasteiger partial charge in [-0.25, -0.2) is 0 Å². The minimum atomic E-state index is 0.794. The van der Waals surface area contributed by atoms with Gasteiger partial charge in [0.25, 0.3) is 0 Å². The standard InChI is InChI=1S/C6H5Cl.CH5N/c7-6-4-2-1-3-5-6;1-2/h1-5H;2H2,1H3. The molecule has 0 radical (unpaired) electrons. The van der Waals surface area contributed by atoms with Gasteiger partial charge in [-0.15, -0.1) is 0 Å². The summed E-state index contributed by atoms with van der Waals surface area (Å²) in [6.07, 6.45) is 0. The first-order valence-electron chi connectivity index (χ1n) is 2.68. The lowest BCUT2D eigenvalue weighted by Crippen LogP contribution is -1.69. The average molecular weight is 144 g/mol. The van der Waals surface area contributed by atoms with E-state index >= 15 is 0 Å². The zero-order valence-electron chi connectivity index (χ0n) is 5.34. The summed E-state index contributed by atoms with van der Waals surface area (Å²) in [5.41, 5.74) is 4.50. The number of nitrogens with two attached hydrogens (primary N) is 1. The van der Waals surface area contributed by atoms with Gasteiger partial charge in [-0.05, 0) is 19.2 Å². The Hall–Kier alpha value is -0.530. The second-order valence-corrected chi connectivity index (χ2v) is 1.73. The van der Waals surface area contributed by atoms with Gasteiger partial charge in [-0.2, -0.15) is 0 Å². The lowest BCUT2D eigenvalue weighted by molar-refractivity contribution is 1.48. The Labute approximate surface area is 60.4 Å². The highest BCUT2D eigenvalue weighted by molar-refractivity contribution is 6.30. The number of halogens is 1. The molecule has 0 amide bonds. The van der Waals surface area contributed by atoms with Gasteiger partial charge >= 0.3 is 0 Å². The van der Waals surface area contributed by atoms with Gasteiger partial charge in [0.05, 0.1) is 0 Å². The molecule has 9 heavy (non-hydrogen) atoms. The second-order valence-electron chi connectivity index (χ2n) is 1.30. The van der Waals surface area contributed by atoms with Gasteiger partial charge in [-0.3, -0.25) is 0 Å². The first-order valence-corrected chi connectivity index (χ1v) is 3.05. The van der Waals surface area contributed by atoms with E-state index in [2.05, 4.69) is 5.73 Å². The van der Waals surface area contributed by atoms with Crippen molar-refractivity contribution in [2.24, 2.45) is 5.73 Å². The average Bonchev–Trinajstić information content (AvgIpc) is 1.94. The topological polar surface area (TPSA) is 26.0 Å². The van der Waals surface area contributed by atoms with Gasteiger partial charge < -0.3 is 5.73 Å². The first kappa shape index (κ1) is 8.47. The molecule has 0 saturated heterocycles. The van der Waals surface area contributed by atoms with Crippen LogP contribution in [0.2, 0.25) is 5.02 Å². The summed E-state index contributed by atoms with van der Waals surface area (Å²) in [5, 5.41) is 0.794. The lowest BCUT2D eigenvalue weighted by Gasteiger charge is -1.80. The molecule has 1 aromatic carbocycles. The van der Waals surface area contributed by atoms with Crippen LogP contribution in [-0.4, -0.2) is 7.05 Å². The smallest absolute Gasteiger partial charge is 0.0405 e. The maximum Gasteiger partial charge on any atom is 0.0405 e. The molecule has 0 aliphatic heterocycles. The molecule has 0 unspecified atom stereocenters. The Morgan fingerprint density at radius 2 is 1.56 bits per heavy atom. The number of rotatable bonds is 0. The van der Waals surface area contributed by atoms with E-state index in [0.29, 0.717) is 0 Å². The van der Waals surface area contributed by atoms with E-state index in [1.807, 2.05) is 30.3 Å². The molecule has 1 nitrogen and oxygen atoms in total. The van der Waals surface area contributed by atoms with Crippen molar-refractivity contribution in [1.82, 2.24) is 0 Å². The maximum absolute atomic E-state index is 5.54. The highest BCUT2D eigenvalue weighted by atomic mass is 35.5. The van der Waals surface area contributed by atoms with Crippen molar-refractivity contribution >= 4 is 11.6 Å². The van der Waals surface area contributed by atoms with Crippen LogP contribution in [-0.2, 0) is 0 Å². The van der Waals surface area contributed by atoms with Crippen LogP contribution < -0.4 is 5.73 Å². The quantitative estimate of drug-likeness (QED) is 0.590. The van der Waals surface area contributed by atoms with Crippen LogP contribution in [0.3, 0.4) is 0 Å². The summed E-state index contributed by atoms with van der Waals surface area (Å²) in [6.45, 7) is 0. The van der Waals surface area contributed by atoms with Gasteiger partial charge in [0.1, 0.15) is 0 Å². The Kier molecular flexibility index (Phi) is 5.27. The fourth-order valence-corrected chi connectivity index (χ4v) is 0.560. The van der Waals surface area contributed by atoms with Gasteiger partial charge in [-0.1, -0.05) is 29.8 Å². The van der Waals surface area contributed by atoms with E-state index in [1.165, 1.54) is 7.05 Å². The van der Waals surface area contributed by atoms with Crippen molar-refractivity contribution in [3.63, 3.8) is 0 Å². The molecule has 0 heterocycles. The molecule has 2 N–H and O–H groups in total. The van der Waals surface area contributed by atoms with Crippen molar-refractivity contribution in [3.8, 4) is 0 Å². The minimum absolute atomic E-state index is 0.794. The molecule has 0 aliphatic carbocycles. The van der Waals surface area contributed by atoms with Crippen molar-refractivity contribution in [1.29, 1.82) is 0 Å². The maximum atomic E-state index is 5.54. The van der Waals surface area contributed by atoms with E-state index in [-0.39, 0.29) is 0 Å². The van der Waals surface area contributed by atoms with Gasteiger partial charge in [0, 0.05) is 5.02 Å². The van der Waals surface area contributed by atoms with Crippen LogP contribution >= 0.6 is 11.6 Å². The van der Waals surface area contributed by atoms with Crippen LogP contribution in [0.4, 0.5) is 0 Å². The molecule has 0 saturated carbocycles. The molecule has 0 aliphatic rings. The fraction of sp³-hybridized carbons (Fsp3) is 0.143. The molecular formula is C7H10ClN. The van der Waals surface area contributed by atoms with Crippen molar-refractivity contribution < 1.29 is 0 Å². The van der Waals surface area contributed by atoms with Crippen LogP contribution in [0.5, 0.6) is 0 Å². The lowest BCUT2D eigenvalue weighted by atomic mass is 10.4. The zero-order chi connectivity index (χ0) is 7.11. The number of hydrogen-bond acceptors (Lipinski definition) is 1. The Bertz CT molecular complexity index is 139. The summed E-state index contributed by atoms with van der Waals surface area (Å²) in [5.74, 6) is 0. The number of benzene rings is 1. The fourth-order valence-electron chi connectivity index (χ4n) is 0.415. The predicted octanol–water partition coefficient (Wildman–Crippen LogP) is 1.91. The molecule has 0 aromatic heterocycles. The van der Waals surface area contributed by atoms with Crippen LogP contribution in [0, 0.1) is 0 Å². The molecule has 0 spiro atoms. The van der Waals surface area contributed by atoms with Gasteiger partial charge in [0.15, 0.2) is 0 Å². The largest absolute Gasteiger partial charge is 0.333 e. The summed E-state index contributed by atoms with van der Waals surface area (Å²) in [7, 11) is 1.50. The third-order valence-corrected chi connectivity index (χ3v) is 0.985. The highest BCUT2D eigenvalue weighted by Crippen LogP contribution is 2.03.